The molecule has 3 nitrogen and oxygen atoms in total. The lowest BCUT2D eigenvalue weighted by atomic mass is 10.1. The summed E-state index contributed by atoms with van der Waals surface area (Å²) in [6, 6.07) is 11.9. The van der Waals surface area contributed by atoms with Crippen molar-refractivity contribution < 1.29 is 9.53 Å². The first kappa shape index (κ1) is 16.1. The van der Waals surface area contributed by atoms with Gasteiger partial charge in [-0.1, -0.05) is 30.3 Å². The molecule has 1 N–H and O–H groups in total. The molecule has 0 spiro atoms. The number of hydrogen-bond acceptors (Lipinski definition) is 2. The minimum Gasteiger partial charge on any atom is -0.481 e. The highest BCUT2D eigenvalue weighted by Gasteiger charge is 2.17. The average molecular weight is 297 g/mol. The normalized spacial score (nSPS) is 11.9. The molecule has 2 rings (SSSR count). The van der Waals surface area contributed by atoms with Crippen LogP contribution in [0.2, 0.25) is 0 Å². The number of amides is 1. The lowest BCUT2D eigenvalue weighted by Crippen LogP contribution is -2.30. The molecule has 0 aliphatic carbocycles. The molecule has 0 bridgehead atoms. The number of carbonyl (C=O) groups is 1. The molecule has 22 heavy (non-hydrogen) atoms. The molecule has 0 radical (unpaired) electrons. The third-order valence-electron chi connectivity index (χ3n) is 3.75. The van der Waals surface area contributed by atoms with Gasteiger partial charge in [0, 0.05) is 5.69 Å². The van der Waals surface area contributed by atoms with Gasteiger partial charge in [-0.3, -0.25) is 4.79 Å². The minimum atomic E-state index is -0.556. The Morgan fingerprint density at radius 1 is 1.00 bits per heavy atom. The maximum absolute atomic E-state index is 12.4. The van der Waals surface area contributed by atoms with Crippen molar-refractivity contribution in [2.24, 2.45) is 0 Å². The number of para-hydroxylation sites is 1. The number of rotatable bonds is 4. The average Bonchev–Trinajstić information content (AvgIpc) is 2.46. The SMILES string of the molecule is Cc1ccc(C)c(O[C@@H](C)C(=O)Nc2c(C)cccc2C)c1. The minimum absolute atomic E-state index is 0.140. The first-order valence-corrected chi connectivity index (χ1v) is 7.49. The van der Waals surface area contributed by atoms with Gasteiger partial charge in [0.1, 0.15) is 5.75 Å². The van der Waals surface area contributed by atoms with Gasteiger partial charge in [-0.05, 0) is 62.9 Å². The Labute approximate surface area is 132 Å². The van der Waals surface area contributed by atoms with E-state index in [0.717, 1.165) is 33.7 Å². The van der Waals surface area contributed by atoms with E-state index in [0.29, 0.717) is 0 Å². The molecule has 1 atom stereocenters. The van der Waals surface area contributed by atoms with E-state index in [2.05, 4.69) is 5.32 Å². The summed E-state index contributed by atoms with van der Waals surface area (Å²) < 4.78 is 5.83. The first-order chi connectivity index (χ1) is 10.4. The predicted molar refractivity (Wildman–Crippen MR) is 90.6 cm³/mol. The second-order valence-electron chi connectivity index (χ2n) is 5.79. The van der Waals surface area contributed by atoms with Crippen molar-refractivity contribution in [2.45, 2.75) is 40.7 Å². The molecule has 0 aliphatic rings. The zero-order valence-electron chi connectivity index (χ0n) is 13.9. The third-order valence-corrected chi connectivity index (χ3v) is 3.75. The van der Waals surface area contributed by atoms with E-state index >= 15 is 0 Å². The smallest absolute Gasteiger partial charge is 0.265 e. The highest BCUT2D eigenvalue weighted by atomic mass is 16.5. The maximum atomic E-state index is 12.4. The van der Waals surface area contributed by atoms with Crippen LogP contribution in [0.1, 0.15) is 29.2 Å². The number of carbonyl (C=O) groups excluding carboxylic acids is 1. The highest BCUT2D eigenvalue weighted by Crippen LogP contribution is 2.22. The van der Waals surface area contributed by atoms with Crippen LogP contribution in [0.5, 0.6) is 5.75 Å². The summed E-state index contributed by atoms with van der Waals surface area (Å²) in [5.41, 5.74) is 5.10. The van der Waals surface area contributed by atoms with Crippen LogP contribution in [0.25, 0.3) is 0 Å². The van der Waals surface area contributed by atoms with Crippen LogP contribution in [0.4, 0.5) is 5.69 Å². The summed E-state index contributed by atoms with van der Waals surface area (Å²) in [4.78, 5) is 12.4. The molecule has 0 aromatic heterocycles. The van der Waals surface area contributed by atoms with E-state index < -0.39 is 6.10 Å². The maximum Gasteiger partial charge on any atom is 0.265 e. The van der Waals surface area contributed by atoms with Gasteiger partial charge in [-0.2, -0.15) is 0 Å². The summed E-state index contributed by atoms with van der Waals surface area (Å²) in [6.45, 7) is 9.72. The van der Waals surface area contributed by atoms with E-state index in [1.165, 1.54) is 0 Å². The Balaban J connectivity index is 2.11. The standard InChI is InChI=1S/C19H23NO2/c1-12-9-10-13(2)17(11-12)22-16(5)19(21)20-18-14(3)7-6-8-15(18)4/h6-11,16H,1-5H3,(H,20,21)/t16-/m0/s1. The van der Waals surface area contributed by atoms with Gasteiger partial charge >= 0.3 is 0 Å². The molecule has 2 aromatic carbocycles. The van der Waals surface area contributed by atoms with Crippen molar-refractivity contribution in [3.63, 3.8) is 0 Å². The van der Waals surface area contributed by atoms with Crippen molar-refractivity contribution in [3.05, 3.63) is 58.7 Å². The molecule has 1 amide bonds. The lowest BCUT2D eigenvalue weighted by Gasteiger charge is -2.18. The van der Waals surface area contributed by atoms with Crippen molar-refractivity contribution in [1.82, 2.24) is 0 Å². The second kappa shape index (κ2) is 6.65. The van der Waals surface area contributed by atoms with Crippen molar-refractivity contribution in [1.29, 1.82) is 0 Å². The summed E-state index contributed by atoms with van der Waals surface area (Å²) in [5, 5.41) is 2.97. The summed E-state index contributed by atoms with van der Waals surface area (Å²) >= 11 is 0. The topological polar surface area (TPSA) is 38.3 Å². The zero-order chi connectivity index (χ0) is 16.3. The van der Waals surface area contributed by atoms with Crippen LogP contribution in [-0.2, 0) is 4.79 Å². The van der Waals surface area contributed by atoms with Crippen molar-refractivity contribution in [3.8, 4) is 5.75 Å². The van der Waals surface area contributed by atoms with Gasteiger partial charge in [-0.15, -0.1) is 0 Å². The summed E-state index contributed by atoms with van der Waals surface area (Å²) in [6.07, 6.45) is -0.556. The van der Waals surface area contributed by atoms with Crippen LogP contribution in [0.15, 0.2) is 36.4 Å². The van der Waals surface area contributed by atoms with Gasteiger partial charge in [0.2, 0.25) is 0 Å². The van der Waals surface area contributed by atoms with Gasteiger partial charge in [0.15, 0.2) is 6.10 Å². The van der Waals surface area contributed by atoms with Crippen molar-refractivity contribution in [2.75, 3.05) is 5.32 Å². The van der Waals surface area contributed by atoms with E-state index in [-0.39, 0.29) is 5.91 Å². The molecule has 0 aliphatic heterocycles. The molecular weight excluding hydrogens is 274 g/mol. The van der Waals surface area contributed by atoms with E-state index in [1.54, 1.807) is 6.92 Å². The fourth-order valence-electron chi connectivity index (χ4n) is 2.31. The molecule has 0 fully saturated rings. The highest BCUT2D eigenvalue weighted by molar-refractivity contribution is 5.95. The van der Waals surface area contributed by atoms with E-state index in [4.69, 9.17) is 4.74 Å². The monoisotopic (exact) mass is 297 g/mol. The van der Waals surface area contributed by atoms with E-state index in [9.17, 15) is 4.79 Å². The first-order valence-electron chi connectivity index (χ1n) is 7.49. The largest absolute Gasteiger partial charge is 0.481 e. The molecule has 116 valence electrons. The number of aryl methyl sites for hydroxylation is 4. The Morgan fingerprint density at radius 3 is 2.27 bits per heavy atom. The molecule has 2 aromatic rings. The van der Waals surface area contributed by atoms with Crippen molar-refractivity contribution >= 4 is 11.6 Å². The quantitative estimate of drug-likeness (QED) is 0.912. The van der Waals surface area contributed by atoms with Gasteiger partial charge in [0.05, 0.1) is 0 Å². The Morgan fingerprint density at radius 2 is 1.64 bits per heavy atom. The fraction of sp³-hybridized carbons (Fsp3) is 0.316. The molecule has 0 saturated carbocycles. The second-order valence-corrected chi connectivity index (χ2v) is 5.79. The van der Waals surface area contributed by atoms with Gasteiger partial charge in [0.25, 0.3) is 5.91 Å². The fourth-order valence-corrected chi connectivity index (χ4v) is 2.31. The number of nitrogens with one attached hydrogen (secondary N) is 1. The van der Waals surface area contributed by atoms with Crippen LogP contribution in [0, 0.1) is 27.7 Å². The molecule has 0 heterocycles. The van der Waals surface area contributed by atoms with Crippen LogP contribution >= 0.6 is 0 Å². The molecular formula is C19H23NO2. The molecule has 0 unspecified atom stereocenters. The van der Waals surface area contributed by atoms with Crippen LogP contribution in [-0.4, -0.2) is 12.0 Å². The summed E-state index contributed by atoms with van der Waals surface area (Å²) in [5.74, 6) is 0.613. The summed E-state index contributed by atoms with van der Waals surface area (Å²) in [7, 11) is 0. The predicted octanol–water partition coefficient (Wildman–Crippen LogP) is 4.33. The van der Waals surface area contributed by atoms with Gasteiger partial charge < -0.3 is 10.1 Å². The third kappa shape index (κ3) is 3.67. The molecule has 3 heteroatoms. The Kier molecular flexibility index (Phi) is 4.86. The number of benzene rings is 2. The number of hydrogen-bond donors (Lipinski definition) is 1. The lowest BCUT2D eigenvalue weighted by molar-refractivity contribution is -0.122. The Hall–Kier alpha value is -2.29. The Bertz CT molecular complexity index is 672. The molecule has 0 saturated heterocycles. The van der Waals surface area contributed by atoms with E-state index in [1.807, 2.05) is 64.1 Å². The number of ether oxygens (including phenoxy) is 1. The van der Waals surface area contributed by atoms with Crippen LogP contribution < -0.4 is 10.1 Å². The number of anilines is 1. The van der Waals surface area contributed by atoms with Gasteiger partial charge in [-0.25, -0.2) is 0 Å². The van der Waals surface area contributed by atoms with Crippen LogP contribution in [0.3, 0.4) is 0 Å². The zero-order valence-corrected chi connectivity index (χ0v) is 13.9.